The maximum Gasteiger partial charge on any atom is 0.273 e. The van der Waals surface area contributed by atoms with E-state index < -0.39 is 11.7 Å². The van der Waals surface area contributed by atoms with Gasteiger partial charge in [-0.15, -0.1) is 0 Å². The molecule has 0 aliphatic rings. The average molecular weight is 333 g/mol. The van der Waals surface area contributed by atoms with Gasteiger partial charge in [0.1, 0.15) is 17.3 Å². The highest BCUT2D eigenvalue weighted by molar-refractivity contribution is 6.39. The van der Waals surface area contributed by atoms with Crippen LogP contribution in [0.25, 0.3) is 10.9 Å². The van der Waals surface area contributed by atoms with Gasteiger partial charge in [0, 0.05) is 10.9 Å². The van der Waals surface area contributed by atoms with E-state index in [1.165, 1.54) is 19.2 Å². The van der Waals surface area contributed by atoms with Gasteiger partial charge >= 0.3 is 0 Å². The summed E-state index contributed by atoms with van der Waals surface area (Å²) in [5.74, 6) is -0.276. The predicted molar refractivity (Wildman–Crippen MR) is 89.0 cm³/mol. The molecular weight excluding hydrogens is 319 g/mol. The number of halogens is 2. The zero-order valence-electron chi connectivity index (χ0n) is 12.5. The lowest BCUT2D eigenvalue weighted by atomic mass is 10.2. The van der Waals surface area contributed by atoms with Gasteiger partial charge in [0.05, 0.1) is 17.8 Å². The number of anilines is 1. The zero-order valence-corrected chi connectivity index (χ0v) is 13.3. The number of fused-ring (bicyclic) bond motifs is 1. The lowest BCUT2D eigenvalue weighted by molar-refractivity contribution is 0.102. The van der Waals surface area contributed by atoms with Crippen molar-refractivity contribution in [1.82, 2.24) is 4.98 Å². The van der Waals surface area contributed by atoms with E-state index in [2.05, 4.69) is 10.3 Å². The van der Waals surface area contributed by atoms with Gasteiger partial charge in [-0.1, -0.05) is 23.7 Å². The zero-order chi connectivity index (χ0) is 16.6. The number of hydrogen-bond acceptors (Lipinski definition) is 2. The van der Waals surface area contributed by atoms with Crippen molar-refractivity contribution >= 4 is 34.1 Å². The van der Waals surface area contributed by atoms with Gasteiger partial charge in [0.2, 0.25) is 0 Å². The van der Waals surface area contributed by atoms with Crippen LogP contribution in [0.5, 0.6) is 5.75 Å². The molecule has 118 valence electrons. The third-order valence-corrected chi connectivity index (χ3v) is 4.01. The van der Waals surface area contributed by atoms with Crippen LogP contribution in [0.1, 0.15) is 16.1 Å². The summed E-state index contributed by atoms with van der Waals surface area (Å²) in [6.07, 6.45) is 0. The maximum atomic E-state index is 13.3. The monoisotopic (exact) mass is 332 g/mol. The first-order chi connectivity index (χ1) is 11.0. The third-order valence-electron chi connectivity index (χ3n) is 3.62. The Morgan fingerprint density at radius 3 is 2.83 bits per heavy atom. The SMILES string of the molecule is COc1cccc(C)c1NC(=O)c1[nH]c2ccc(F)cc2c1Cl. The Morgan fingerprint density at radius 1 is 1.30 bits per heavy atom. The third kappa shape index (κ3) is 2.75. The standard InChI is InChI=1S/C17H14ClFN2O2/c1-9-4-3-5-13(23-2)15(9)21-17(22)16-14(18)11-8-10(19)6-7-12(11)20-16/h3-8,20H,1-2H3,(H,21,22). The molecule has 0 aliphatic heterocycles. The lowest BCUT2D eigenvalue weighted by Gasteiger charge is -2.12. The number of nitrogens with one attached hydrogen (secondary N) is 2. The Hall–Kier alpha value is -2.53. The van der Waals surface area contributed by atoms with Gasteiger partial charge in [-0.3, -0.25) is 4.79 Å². The summed E-state index contributed by atoms with van der Waals surface area (Å²) in [7, 11) is 1.53. The van der Waals surface area contributed by atoms with Crippen LogP contribution in [0, 0.1) is 12.7 Å². The number of H-pyrrole nitrogens is 1. The predicted octanol–water partition coefficient (Wildman–Crippen LogP) is 4.53. The molecule has 0 aliphatic carbocycles. The fourth-order valence-electron chi connectivity index (χ4n) is 2.43. The van der Waals surface area contributed by atoms with Crippen molar-refractivity contribution in [3.8, 4) is 5.75 Å². The molecule has 0 fully saturated rings. The van der Waals surface area contributed by atoms with Crippen LogP contribution in [-0.4, -0.2) is 18.0 Å². The summed E-state index contributed by atoms with van der Waals surface area (Å²) in [4.78, 5) is 15.5. The van der Waals surface area contributed by atoms with E-state index in [1.54, 1.807) is 12.1 Å². The lowest BCUT2D eigenvalue weighted by Crippen LogP contribution is -2.14. The number of amides is 1. The highest BCUT2D eigenvalue weighted by Gasteiger charge is 2.19. The van der Waals surface area contributed by atoms with Crippen LogP contribution in [0.4, 0.5) is 10.1 Å². The molecule has 0 radical (unpaired) electrons. The molecular formula is C17H14ClFN2O2. The number of carbonyl (C=O) groups is 1. The van der Waals surface area contributed by atoms with Crippen LogP contribution in [0.3, 0.4) is 0 Å². The molecule has 0 atom stereocenters. The number of aryl methyl sites for hydroxylation is 1. The quantitative estimate of drug-likeness (QED) is 0.740. The second kappa shape index (κ2) is 5.93. The minimum absolute atomic E-state index is 0.178. The van der Waals surface area contributed by atoms with Crippen molar-refractivity contribution in [1.29, 1.82) is 0 Å². The van der Waals surface area contributed by atoms with Crippen molar-refractivity contribution in [2.24, 2.45) is 0 Å². The molecule has 4 nitrogen and oxygen atoms in total. The van der Waals surface area contributed by atoms with Gasteiger partial charge in [-0.05, 0) is 36.8 Å². The van der Waals surface area contributed by atoms with Gasteiger partial charge in [0.25, 0.3) is 5.91 Å². The van der Waals surface area contributed by atoms with Crippen molar-refractivity contribution in [2.75, 3.05) is 12.4 Å². The van der Waals surface area contributed by atoms with Crippen molar-refractivity contribution < 1.29 is 13.9 Å². The summed E-state index contributed by atoms with van der Waals surface area (Å²) in [6.45, 7) is 1.86. The molecule has 2 N–H and O–H groups in total. The van der Waals surface area contributed by atoms with Crippen LogP contribution in [-0.2, 0) is 0 Å². The molecule has 1 heterocycles. The number of benzene rings is 2. The highest BCUT2D eigenvalue weighted by atomic mass is 35.5. The molecule has 1 aromatic heterocycles. The van der Waals surface area contributed by atoms with Crippen LogP contribution < -0.4 is 10.1 Å². The largest absolute Gasteiger partial charge is 0.495 e. The summed E-state index contributed by atoms with van der Waals surface area (Å²) in [5.41, 5.74) is 2.20. The summed E-state index contributed by atoms with van der Waals surface area (Å²) in [6, 6.07) is 9.59. The molecule has 6 heteroatoms. The Morgan fingerprint density at radius 2 is 2.09 bits per heavy atom. The first-order valence-corrected chi connectivity index (χ1v) is 7.30. The molecule has 0 saturated carbocycles. The molecule has 0 unspecified atom stereocenters. The number of ether oxygens (including phenoxy) is 1. The number of carbonyl (C=O) groups excluding carboxylic acids is 1. The molecule has 0 bridgehead atoms. The number of aromatic nitrogens is 1. The minimum Gasteiger partial charge on any atom is -0.495 e. The van der Waals surface area contributed by atoms with E-state index in [0.717, 1.165) is 5.56 Å². The minimum atomic E-state index is -0.417. The Balaban J connectivity index is 2.00. The number of aromatic amines is 1. The van der Waals surface area contributed by atoms with Gasteiger partial charge in [-0.2, -0.15) is 0 Å². The van der Waals surface area contributed by atoms with E-state index in [4.69, 9.17) is 16.3 Å². The van der Waals surface area contributed by atoms with Crippen molar-refractivity contribution in [2.45, 2.75) is 6.92 Å². The summed E-state index contributed by atoms with van der Waals surface area (Å²) >= 11 is 6.21. The van der Waals surface area contributed by atoms with Crippen LogP contribution in [0.2, 0.25) is 5.02 Å². The second-order valence-corrected chi connectivity index (χ2v) is 5.49. The smallest absolute Gasteiger partial charge is 0.273 e. The molecule has 1 amide bonds. The van der Waals surface area contributed by atoms with Crippen molar-refractivity contribution in [3.05, 3.63) is 58.5 Å². The van der Waals surface area contributed by atoms with Gasteiger partial charge < -0.3 is 15.0 Å². The molecule has 23 heavy (non-hydrogen) atoms. The second-order valence-electron chi connectivity index (χ2n) is 5.11. The summed E-state index contributed by atoms with van der Waals surface area (Å²) in [5, 5.41) is 3.44. The van der Waals surface area contributed by atoms with E-state index in [1.807, 2.05) is 19.1 Å². The fraction of sp³-hybridized carbons (Fsp3) is 0.118. The molecule has 0 spiro atoms. The molecule has 3 aromatic rings. The van der Waals surface area contributed by atoms with Gasteiger partial charge in [-0.25, -0.2) is 4.39 Å². The van der Waals surface area contributed by atoms with E-state index in [0.29, 0.717) is 22.3 Å². The van der Waals surface area contributed by atoms with E-state index in [-0.39, 0.29) is 10.7 Å². The van der Waals surface area contributed by atoms with Crippen molar-refractivity contribution in [3.63, 3.8) is 0 Å². The molecule has 3 rings (SSSR count). The van der Waals surface area contributed by atoms with Crippen LogP contribution in [0.15, 0.2) is 36.4 Å². The number of para-hydroxylation sites is 1. The summed E-state index contributed by atoms with van der Waals surface area (Å²) < 4.78 is 18.6. The fourth-order valence-corrected chi connectivity index (χ4v) is 2.72. The number of methoxy groups -OCH3 is 1. The first-order valence-electron chi connectivity index (χ1n) is 6.93. The van der Waals surface area contributed by atoms with E-state index >= 15 is 0 Å². The highest BCUT2D eigenvalue weighted by Crippen LogP contribution is 2.31. The van der Waals surface area contributed by atoms with Crippen LogP contribution >= 0.6 is 11.6 Å². The number of rotatable bonds is 3. The van der Waals surface area contributed by atoms with E-state index in [9.17, 15) is 9.18 Å². The maximum absolute atomic E-state index is 13.3. The average Bonchev–Trinajstić information content (AvgIpc) is 2.86. The molecule has 2 aromatic carbocycles. The molecule has 0 saturated heterocycles. The Kier molecular flexibility index (Phi) is 3.96. The topological polar surface area (TPSA) is 54.1 Å². The Bertz CT molecular complexity index is 905. The Labute approximate surface area is 137 Å². The first kappa shape index (κ1) is 15.4. The normalized spacial score (nSPS) is 10.8. The number of hydrogen-bond donors (Lipinski definition) is 2. The van der Waals surface area contributed by atoms with Gasteiger partial charge in [0.15, 0.2) is 0 Å².